The molecule has 3 saturated heterocycles. The van der Waals surface area contributed by atoms with Crippen LogP contribution < -0.4 is 9.64 Å². The third-order valence-corrected chi connectivity index (χ3v) is 10.8. The van der Waals surface area contributed by atoms with Crippen LogP contribution in [0.4, 0.5) is 19.0 Å². The Bertz CT molecular complexity index is 1810. The maximum atomic E-state index is 16.2. The monoisotopic (exact) mass is 628 g/mol. The van der Waals surface area contributed by atoms with E-state index in [0.29, 0.717) is 47.1 Å². The van der Waals surface area contributed by atoms with E-state index >= 15 is 4.39 Å². The number of aromatic nitrogens is 2. The van der Waals surface area contributed by atoms with Crippen LogP contribution in [0.3, 0.4) is 0 Å². The fourth-order valence-electron chi connectivity index (χ4n) is 8.58. The zero-order chi connectivity index (χ0) is 31.7. The molecular weight excluding hydrogens is 593 g/mol. The van der Waals surface area contributed by atoms with Gasteiger partial charge in [0.2, 0.25) is 6.54 Å². The van der Waals surface area contributed by atoms with Crippen molar-refractivity contribution in [2.45, 2.75) is 55.8 Å². The standard InChI is InChI=1S/C35H35F3N6O2/c1-20(36)33(45)44-10-9-42(18-24(44)16-39-2)32-28-13-29(38)27(25-6-3-5-21-11-22-12-26(22)31(21)25)14-30(28)40-34(41-32)46-19-35-7-4-8-43(35)17-23(37)15-35/h3,5-6,13-14,22-24,26H,1,4,7-12,15-19H2/t22?,23-,24+,26?,35+/m1/s1. The Morgan fingerprint density at radius 1 is 1.17 bits per heavy atom. The highest BCUT2D eigenvalue weighted by molar-refractivity contribution is 5.94. The van der Waals surface area contributed by atoms with E-state index in [9.17, 15) is 13.6 Å². The van der Waals surface area contributed by atoms with Crippen molar-refractivity contribution < 1.29 is 22.7 Å². The number of rotatable bonds is 7. The molecule has 0 bridgehead atoms. The number of hydrogen-bond acceptors (Lipinski definition) is 6. The number of carbonyl (C=O) groups is 1. The van der Waals surface area contributed by atoms with Gasteiger partial charge in [0.05, 0.1) is 11.1 Å². The molecule has 11 heteroatoms. The van der Waals surface area contributed by atoms with Gasteiger partial charge < -0.3 is 19.4 Å². The van der Waals surface area contributed by atoms with E-state index in [1.165, 1.54) is 22.1 Å². The second-order valence-corrected chi connectivity index (χ2v) is 13.6. The van der Waals surface area contributed by atoms with Crippen molar-refractivity contribution in [3.63, 3.8) is 0 Å². The molecule has 46 heavy (non-hydrogen) atoms. The zero-order valence-electron chi connectivity index (χ0n) is 25.5. The summed E-state index contributed by atoms with van der Waals surface area (Å²) in [4.78, 5) is 31.0. The molecule has 4 fully saturated rings. The Kier molecular flexibility index (Phi) is 6.98. The molecule has 0 radical (unpaired) electrons. The van der Waals surface area contributed by atoms with Crippen LogP contribution in [0.15, 0.2) is 42.7 Å². The van der Waals surface area contributed by atoms with Crippen LogP contribution in [0.25, 0.3) is 26.9 Å². The maximum Gasteiger partial charge on any atom is 0.319 e. The Hall–Kier alpha value is -4.17. The van der Waals surface area contributed by atoms with E-state index < -0.39 is 29.5 Å². The van der Waals surface area contributed by atoms with Gasteiger partial charge in [-0.05, 0) is 72.9 Å². The summed E-state index contributed by atoms with van der Waals surface area (Å²) in [6.07, 6.45) is 3.47. The SMILES string of the molecule is [C-]#[N+]C[C@H]1CN(c2nc(OC[C@@]34CCCN3C[C@H](F)C4)nc3cc(-c4cccc5c4C4CC4C5)c(F)cc23)CCN1C(=O)C(=C)F. The third-order valence-electron chi connectivity index (χ3n) is 10.8. The lowest BCUT2D eigenvalue weighted by atomic mass is 9.93. The first-order valence-electron chi connectivity index (χ1n) is 16.1. The number of fused-ring (bicyclic) bond motifs is 5. The number of piperazine rings is 1. The first-order chi connectivity index (χ1) is 22.2. The van der Waals surface area contributed by atoms with Gasteiger partial charge in [0, 0.05) is 43.5 Å². The first kappa shape index (κ1) is 29.2. The number of hydrogen-bond donors (Lipinski definition) is 0. The molecule has 8 nitrogen and oxygen atoms in total. The number of carbonyl (C=O) groups excluding carboxylic acids is 1. The summed E-state index contributed by atoms with van der Waals surface area (Å²) < 4.78 is 50.8. The first-order valence-corrected chi connectivity index (χ1v) is 16.1. The van der Waals surface area contributed by atoms with E-state index in [0.717, 1.165) is 37.8 Å². The number of benzene rings is 2. The molecule has 2 aliphatic carbocycles. The number of anilines is 1. The predicted octanol–water partition coefficient (Wildman–Crippen LogP) is 5.47. The van der Waals surface area contributed by atoms with Crippen LogP contribution in [0.5, 0.6) is 6.01 Å². The fraction of sp³-hybridized carbons (Fsp3) is 0.486. The summed E-state index contributed by atoms with van der Waals surface area (Å²) in [7, 11) is 0. The largest absolute Gasteiger partial charge is 0.461 e. The summed E-state index contributed by atoms with van der Waals surface area (Å²) in [6.45, 7) is 12.6. The van der Waals surface area contributed by atoms with Crippen molar-refractivity contribution in [1.82, 2.24) is 19.8 Å². The van der Waals surface area contributed by atoms with E-state index in [4.69, 9.17) is 21.3 Å². The Morgan fingerprint density at radius 3 is 2.87 bits per heavy atom. The maximum absolute atomic E-state index is 16.2. The van der Waals surface area contributed by atoms with E-state index in [1.54, 1.807) is 6.07 Å². The lowest BCUT2D eigenvalue weighted by Gasteiger charge is -2.39. The van der Waals surface area contributed by atoms with Gasteiger partial charge in [-0.1, -0.05) is 24.8 Å². The number of halogens is 3. The summed E-state index contributed by atoms with van der Waals surface area (Å²) in [5, 5.41) is 0.479. The molecule has 5 aliphatic rings. The normalized spacial score (nSPS) is 28.1. The molecule has 0 N–H and O–H groups in total. The van der Waals surface area contributed by atoms with Crippen LogP contribution in [-0.2, 0) is 11.2 Å². The number of ether oxygens (including phenoxy) is 1. The summed E-state index contributed by atoms with van der Waals surface area (Å²) in [6, 6.07) is 8.83. The van der Waals surface area contributed by atoms with Crippen LogP contribution in [0, 0.1) is 18.3 Å². The van der Waals surface area contributed by atoms with Gasteiger partial charge in [-0.2, -0.15) is 9.97 Å². The van der Waals surface area contributed by atoms with Gasteiger partial charge in [0.1, 0.15) is 30.5 Å². The quantitative estimate of drug-likeness (QED) is 0.256. The van der Waals surface area contributed by atoms with Crippen molar-refractivity contribution in [3.05, 3.63) is 71.1 Å². The molecule has 4 heterocycles. The topological polar surface area (TPSA) is 66.2 Å². The van der Waals surface area contributed by atoms with Gasteiger partial charge in [-0.15, -0.1) is 0 Å². The summed E-state index contributed by atoms with van der Waals surface area (Å²) in [5.74, 6) is -0.761. The highest BCUT2D eigenvalue weighted by atomic mass is 19.1. The zero-order valence-corrected chi connectivity index (χ0v) is 25.5. The molecule has 1 aromatic heterocycles. The Balaban J connectivity index is 1.19. The van der Waals surface area contributed by atoms with Crippen molar-refractivity contribution in [3.8, 4) is 17.1 Å². The van der Waals surface area contributed by atoms with Crippen LogP contribution in [0.1, 0.15) is 42.7 Å². The fourth-order valence-corrected chi connectivity index (χ4v) is 8.58. The van der Waals surface area contributed by atoms with Gasteiger partial charge in [-0.3, -0.25) is 9.69 Å². The van der Waals surface area contributed by atoms with E-state index in [2.05, 4.69) is 22.4 Å². The van der Waals surface area contributed by atoms with Gasteiger partial charge in [0.25, 0.3) is 5.91 Å². The van der Waals surface area contributed by atoms with Crippen molar-refractivity contribution in [2.24, 2.45) is 5.92 Å². The summed E-state index contributed by atoms with van der Waals surface area (Å²) in [5.41, 5.74) is 3.98. The molecule has 0 spiro atoms. The van der Waals surface area contributed by atoms with Crippen LogP contribution >= 0.6 is 0 Å². The molecule has 5 atom stereocenters. The molecule has 2 unspecified atom stereocenters. The number of amides is 1. The minimum Gasteiger partial charge on any atom is -0.461 e. The summed E-state index contributed by atoms with van der Waals surface area (Å²) >= 11 is 0. The molecular formula is C35H35F3N6O2. The Morgan fingerprint density at radius 2 is 2.04 bits per heavy atom. The highest BCUT2D eigenvalue weighted by Gasteiger charge is 2.50. The molecule has 1 saturated carbocycles. The lowest BCUT2D eigenvalue weighted by Crippen LogP contribution is -2.56. The Labute approximate surface area is 265 Å². The molecule has 1 amide bonds. The lowest BCUT2D eigenvalue weighted by molar-refractivity contribution is -0.131. The van der Waals surface area contributed by atoms with Crippen molar-refractivity contribution in [2.75, 3.05) is 50.8 Å². The van der Waals surface area contributed by atoms with E-state index in [-0.39, 0.29) is 44.6 Å². The second kappa shape index (κ2) is 11.0. The van der Waals surface area contributed by atoms with Gasteiger partial charge in [-0.25, -0.2) is 19.7 Å². The minimum absolute atomic E-state index is 0.0373. The smallest absolute Gasteiger partial charge is 0.319 e. The number of nitrogens with zero attached hydrogens (tertiary/aromatic N) is 6. The minimum atomic E-state index is -1.08. The molecule has 238 valence electrons. The van der Waals surface area contributed by atoms with Crippen LogP contribution in [0.2, 0.25) is 0 Å². The predicted molar refractivity (Wildman–Crippen MR) is 167 cm³/mol. The highest BCUT2D eigenvalue weighted by Crippen LogP contribution is 2.58. The average Bonchev–Trinajstić information content (AvgIpc) is 3.36. The third kappa shape index (κ3) is 4.80. The molecule has 3 aromatic rings. The molecule has 8 rings (SSSR count). The average molecular weight is 629 g/mol. The molecule has 2 aromatic carbocycles. The van der Waals surface area contributed by atoms with Crippen LogP contribution in [-0.4, -0.2) is 89.3 Å². The molecule has 3 aliphatic heterocycles. The van der Waals surface area contributed by atoms with Gasteiger partial charge in [0.15, 0.2) is 5.83 Å². The van der Waals surface area contributed by atoms with E-state index in [1.807, 2.05) is 17.0 Å². The van der Waals surface area contributed by atoms with Gasteiger partial charge >= 0.3 is 6.01 Å². The number of alkyl halides is 1. The second-order valence-electron chi connectivity index (χ2n) is 13.6. The van der Waals surface area contributed by atoms with Crippen molar-refractivity contribution >= 4 is 22.6 Å². The van der Waals surface area contributed by atoms with Crippen molar-refractivity contribution in [1.29, 1.82) is 0 Å².